The maximum atomic E-state index is 13.4. The van der Waals surface area contributed by atoms with E-state index in [1.165, 1.54) is 0 Å². The van der Waals surface area contributed by atoms with Crippen molar-refractivity contribution in [3.05, 3.63) is 29.5 Å². The molecular formula is C23H26N6O3S. The number of fused-ring (bicyclic) bond motifs is 1. The number of nitrogens with one attached hydrogen (secondary N) is 1. The van der Waals surface area contributed by atoms with Crippen molar-refractivity contribution in [3.8, 4) is 17.3 Å². The van der Waals surface area contributed by atoms with Gasteiger partial charge in [-0.2, -0.15) is 10.1 Å². The Balaban J connectivity index is 1.25. The molecule has 2 saturated carbocycles. The molecule has 10 heteroatoms. The normalized spacial score (nSPS) is 20.4. The summed E-state index contributed by atoms with van der Waals surface area (Å²) in [4.78, 5) is 36.5. The van der Waals surface area contributed by atoms with E-state index in [0.717, 1.165) is 61.7 Å². The molecule has 172 valence electrons. The van der Waals surface area contributed by atoms with Crippen LogP contribution in [0.15, 0.2) is 23.8 Å². The summed E-state index contributed by atoms with van der Waals surface area (Å²) in [5.41, 5.74) is 1.11. The fraction of sp³-hybridized carbons (Fsp3) is 0.522. The summed E-state index contributed by atoms with van der Waals surface area (Å²) in [5.74, 6) is 1.24. The molecule has 6 rings (SSSR count). The van der Waals surface area contributed by atoms with E-state index in [2.05, 4.69) is 20.4 Å². The molecule has 4 heterocycles. The lowest BCUT2D eigenvalue weighted by Gasteiger charge is -2.36. The number of nitrogens with zero attached hydrogens (tertiary/aromatic N) is 5. The predicted molar refractivity (Wildman–Crippen MR) is 122 cm³/mol. The van der Waals surface area contributed by atoms with Gasteiger partial charge in [-0.15, -0.1) is 11.3 Å². The summed E-state index contributed by atoms with van der Waals surface area (Å²) in [7, 11) is 0. The standard InChI is InChI=1S/C23H26N6O3S/c30-14-24-23(6-7-23)15-4-8-28(9-5-15)21(31)18-12-19(32-16-2-1-3-16)27-20(26-18)17-13-25-29-10-11-33-22(17)29/h10-16H,1-9H2,(H,24,30). The van der Waals surface area contributed by atoms with Crippen LogP contribution in [0.4, 0.5) is 0 Å². The van der Waals surface area contributed by atoms with Crippen LogP contribution >= 0.6 is 11.3 Å². The number of thiazole rings is 1. The van der Waals surface area contributed by atoms with Crippen LogP contribution in [0.1, 0.15) is 55.4 Å². The van der Waals surface area contributed by atoms with Gasteiger partial charge in [0, 0.05) is 36.3 Å². The van der Waals surface area contributed by atoms with Gasteiger partial charge in [0.25, 0.3) is 5.91 Å². The molecule has 9 nitrogen and oxygen atoms in total. The van der Waals surface area contributed by atoms with Gasteiger partial charge in [-0.1, -0.05) is 0 Å². The van der Waals surface area contributed by atoms with Gasteiger partial charge in [0.15, 0.2) is 5.82 Å². The minimum absolute atomic E-state index is 0.0444. The van der Waals surface area contributed by atoms with Crippen molar-refractivity contribution >= 4 is 28.5 Å². The van der Waals surface area contributed by atoms with Crippen LogP contribution in [-0.4, -0.2) is 61.5 Å². The second-order valence-electron chi connectivity index (χ2n) is 9.28. The van der Waals surface area contributed by atoms with E-state index < -0.39 is 0 Å². The van der Waals surface area contributed by atoms with Crippen LogP contribution in [-0.2, 0) is 4.79 Å². The fourth-order valence-corrected chi connectivity index (χ4v) is 5.77. The molecule has 0 spiro atoms. The number of rotatable bonds is 7. The van der Waals surface area contributed by atoms with E-state index in [9.17, 15) is 9.59 Å². The number of piperidine rings is 1. The fourth-order valence-electron chi connectivity index (χ4n) is 4.97. The second kappa shape index (κ2) is 8.09. The Morgan fingerprint density at radius 3 is 2.73 bits per heavy atom. The molecule has 0 aromatic carbocycles. The zero-order valence-corrected chi connectivity index (χ0v) is 19.1. The lowest BCUT2D eigenvalue weighted by Crippen LogP contribution is -2.46. The highest BCUT2D eigenvalue weighted by molar-refractivity contribution is 7.16. The lowest BCUT2D eigenvalue weighted by molar-refractivity contribution is -0.110. The largest absolute Gasteiger partial charge is 0.474 e. The first-order valence-corrected chi connectivity index (χ1v) is 12.5. The third-order valence-electron chi connectivity index (χ3n) is 7.33. The summed E-state index contributed by atoms with van der Waals surface area (Å²) < 4.78 is 7.86. The van der Waals surface area contributed by atoms with E-state index in [1.54, 1.807) is 28.1 Å². The Labute approximate surface area is 195 Å². The first-order chi connectivity index (χ1) is 16.1. The van der Waals surface area contributed by atoms with Crippen LogP contribution in [0, 0.1) is 5.92 Å². The molecule has 0 atom stereocenters. The van der Waals surface area contributed by atoms with Crippen molar-refractivity contribution in [1.82, 2.24) is 29.8 Å². The zero-order chi connectivity index (χ0) is 22.4. The SMILES string of the molecule is O=CNC1(C2CCN(C(=O)c3cc(OC4CCC4)nc(-c4cnn5ccsc45)n3)CC2)CC1. The average Bonchev–Trinajstić information content (AvgIpc) is 3.25. The Morgan fingerprint density at radius 2 is 2.03 bits per heavy atom. The topological polar surface area (TPSA) is 102 Å². The molecule has 3 fully saturated rings. The maximum absolute atomic E-state index is 13.4. The van der Waals surface area contributed by atoms with Gasteiger partial charge in [0.1, 0.15) is 16.6 Å². The Kier molecular flexibility index (Phi) is 5.05. The molecule has 0 bridgehead atoms. The number of likely N-dealkylation sites (tertiary alicyclic amines) is 1. The third-order valence-corrected chi connectivity index (χ3v) is 8.22. The molecule has 3 aliphatic rings. The quantitative estimate of drug-likeness (QED) is 0.537. The Hall–Kier alpha value is -3.01. The van der Waals surface area contributed by atoms with Gasteiger partial charge in [-0.3, -0.25) is 9.59 Å². The van der Waals surface area contributed by atoms with Gasteiger partial charge in [0.2, 0.25) is 12.3 Å². The summed E-state index contributed by atoms with van der Waals surface area (Å²) in [6.45, 7) is 1.32. The van der Waals surface area contributed by atoms with E-state index in [0.29, 0.717) is 36.4 Å². The lowest BCUT2D eigenvalue weighted by atomic mass is 9.87. The molecule has 1 N–H and O–H groups in total. The van der Waals surface area contributed by atoms with E-state index in [-0.39, 0.29) is 17.6 Å². The van der Waals surface area contributed by atoms with Crippen molar-refractivity contribution < 1.29 is 14.3 Å². The van der Waals surface area contributed by atoms with Crippen LogP contribution in [0.25, 0.3) is 16.2 Å². The molecular weight excluding hydrogens is 440 g/mol. The zero-order valence-electron chi connectivity index (χ0n) is 18.3. The molecule has 33 heavy (non-hydrogen) atoms. The molecule has 1 saturated heterocycles. The van der Waals surface area contributed by atoms with Crippen molar-refractivity contribution in [1.29, 1.82) is 0 Å². The third kappa shape index (κ3) is 3.76. The number of amides is 2. The second-order valence-corrected chi connectivity index (χ2v) is 10.2. The molecule has 2 amide bonds. The highest BCUT2D eigenvalue weighted by atomic mass is 32.1. The van der Waals surface area contributed by atoms with Crippen LogP contribution in [0.5, 0.6) is 5.88 Å². The molecule has 1 aliphatic heterocycles. The minimum Gasteiger partial charge on any atom is -0.474 e. The molecule has 2 aliphatic carbocycles. The molecule has 0 radical (unpaired) electrons. The molecule has 0 unspecified atom stereocenters. The van der Waals surface area contributed by atoms with Crippen LogP contribution < -0.4 is 10.1 Å². The van der Waals surface area contributed by atoms with E-state index in [4.69, 9.17) is 4.74 Å². The number of carbonyl (C=O) groups excluding carboxylic acids is 2. The van der Waals surface area contributed by atoms with Gasteiger partial charge in [0.05, 0.1) is 11.8 Å². The van der Waals surface area contributed by atoms with E-state index in [1.807, 2.05) is 16.5 Å². The monoisotopic (exact) mass is 466 g/mol. The number of hydrogen-bond acceptors (Lipinski definition) is 7. The van der Waals surface area contributed by atoms with Crippen molar-refractivity contribution in [2.75, 3.05) is 13.1 Å². The Morgan fingerprint density at radius 1 is 1.21 bits per heavy atom. The van der Waals surface area contributed by atoms with Crippen LogP contribution in [0.3, 0.4) is 0 Å². The smallest absolute Gasteiger partial charge is 0.272 e. The van der Waals surface area contributed by atoms with Crippen LogP contribution in [0.2, 0.25) is 0 Å². The van der Waals surface area contributed by atoms with Crippen molar-refractivity contribution in [2.45, 2.75) is 56.6 Å². The highest BCUT2D eigenvalue weighted by Crippen LogP contribution is 2.46. The van der Waals surface area contributed by atoms with Crippen molar-refractivity contribution in [2.24, 2.45) is 5.92 Å². The van der Waals surface area contributed by atoms with Gasteiger partial charge < -0.3 is 15.0 Å². The minimum atomic E-state index is -0.0988. The van der Waals surface area contributed by atoms with Crippen molar-refractivity contribution in [3.63, 3.8) is 0 Å². The number of ether oxygens (including phenoxy) is 1. The average molecular weight is 467 g/mol. The van der Waals surface area contributed by atoms with Gasteiger partial charge in [-0.25, -0.2) is 9.50 Å². The summed E-state index contributed by atoms with van der Waals surface area (Å²) in [6, 6.07) is 1.68. The van der Waals surface area contributed by atoms with Gasteiger partial charge >= 0.3 is 0 Å². The van der Waals surface area contributed by atoms with Gasteiger partial charge in [-0.05, 0) is 50.9 Å². The number of carbonyl (C=O) groups is 2. The Bertz CT molecular complexity index is 1190. The maximum Gasteiger partial charge on any atom is 0.272 e. The first-order valence-electron chi connectivity index (χ1n) is 11.6. The first kappa shape index (κ1) is 20.6. The summed E-state index contributed by atoms with van der Waals surface area (Å²) >= 11 is 1.56. The summed E-state index contributed by atoms with van der Waals surface area (Å²) in [5, 5.41) is 9.35. The number of aromatic nitrogens is 4. The molecule has 3 aromatic rings. The van der Waals surface area contributed by atoms with E-state index >= 15 is 0 Å². The highest BCUT2D eigenvalue weighted by Gasteiger charge is 2.49. The summed E-state index contributed by atoms with van der Waals surface area (Å²) in [6.07, 6.45) is 11.6. The molecule has 3 aromatic heterocycles. The number of hydrogen-bond donors (Lipinski definition) is 1. The predicted octanol–water partition coefficient (Wildman–Crippen LogP) is 2.91.